The van der Waals surface area contributed by atoms with Crippen molar-refractivity contribution in [3.8, 4) is 0 Å². The van der Waals surface area contributed by atoms with Crippen molar-refractivity contribution in [2.24, 2.45) is 0 Å². The quantitative estimate of drug-likeness (QED) is 0.736. The number of aromatic nitrogens is 1. The zero-order valence-electron chi connectivity index (χ0n) is 11.3. The molecule has 0 saturated heterocycles. The summed E-state index contributed by atoms with van der Waals surface area (Å²) in [5.74, 6) is 0. The Morgan fingerprint density at radius 3 is 2.70 bits per heavy atom. The Labute approximate surface area is 119 Å². The Balaban J connectivity index is 2.24. The molecule has 0 aliphatic rings. The van der Waals surface area contributed by atoms with Crippen molar-refractivity contribution in [3.05, 3.63) is 61.7 Å². The van der Waals surface area contributed by atoms with Crippen molar-refractivity contribution < 1.29 is 4.42 Å². The number of rotatable bonds is 2. The highest BCUT2D eigenvalue weighted by Gasteiger charge is 2.08. The Morgan fingerprint density at radius 2 is 2.00 bits per heavy atom. The maximum Gasteiger partial charge on any atom is 0.336 e. The number of benzene rings is 1. The second kappa shape index (κ2) is 4.76. The molecule has 1 N–H and O–H groups in total. The van der Waals surface area contributed by atoms with Gasteiger partial charge in [0.05, 0.1) is 6.54 Å². The van der Waals surface area contributed by atoms with Gasteiger partial charge in [0.15, 0.2) is 4.80 Å². The van der Waals surface area contributed by atoms with Crippen LogP contribution in [0.5, 0.6) is 0 Å². The van der Waals surface area contributed by atoms with Crippen LogP contribution in [0.2, 0.25) is 0 Å². The number of hydrogen-bond acceptors (Lipinski definition) is 4. The van der Waals surface area contributed by atoms with Gasteiger partial charge in [0, 0.05) is 23.0 Å². The molecule has 0 saturated carbocycles. The van der Waals surface area contributed by atoms with Crippen LogP contribution in [-0.4, -0.2) is 4.57 Å². The van der Waals surface area contributed by atoms with Gasteiger partial charge in [-0.05, 0) is 42.7 Å². The summed E-state index contributed by atoms with van der Waals surface area (Å²) in [6.45, 7) is 4.54. The molecule has 4 nitrogen and oxygen atoms in total. The molecule has 3 aromatic rings. The van der Waals surface area contributed by atoms with E-state index in [1.165, 1.54) is 17.4 Å². The first-order chi connectivity index (χ1) is 9.54. The van der Waals surface area contributed by atoms with Crippen LogP contribution in [0.3, 0.4) is 0 Å². The standard InChI is InChI=1S/C15H14N2O2S/c1-9-5-12-11(8-17-3-4-20-15(17)16)7-14(18)19-13(12)6-10(9)2/h3-7,16H,8H2,1-2H3. The molecule has 0 aliphatic carbocycles. The molecule has 0 atom stereocenters. The van der Waals surface area contributed by atoms with Crippen LogP contribution >= 0.6 is 11.3 Å². The molecule has 0 amide bonds. The molecule has 0 spiro atoms. The molecule has 20 heavy (non-hydrogen) atoms. The molecular weight excluding hydrogens is 272 g/mol. The van der Waals surface area contributed by atoms with Crippen LogP contribution < -0.4 is 10.4 Å². The van der Waals surface area contributed by atoms with Gasteiger partial charge in [-0.1, -0.05) is 0 Å². The maximum atomic E-state index is 11.7. The first-order valence-electron chi connectivity index (χ1n) is 6.27. The highest BCUT2D eigenvalue weighted by atomic mass is 32.1. The fourth-order valence-electron chi connectivity index (χ4n) is 2.23. The van der Waals surface area contributed by atoms with E-state index in [0.29, 0.717) is 16.9 Å². The second-order valence-electron chi connectivity index (χ2n) is 4.86. The predicted octanol–water partition coefficient (Wildman–Crippen LogP) is 2.80. The lowest BCUT2D eigenvalue weighted by molar-refractivity contribution is 0.557. The van der Waals surface area contributed by atoms with E-state index in [9.17, 15) is 4.79 Å². The lowest BCUT2D eigenvalue weighted by Crippen LogP contribution is -2.14. The largest absolute Gasteiger partial charge is 0.423 e. The minimum Gasteiger partial charge on any atom is -0.423 e. The van der Waals surface area contributed by atoms with Crippen LogP contribution in [-0.2, 0) is 6.54 Å². The van der Waals surface area contributed by atoms with E-state index < -0.39 is 0 Å². The monoisotopic (exact) mass is 286 g/mol. The van der Waals surface area contributed by atoms with Crippen molar-refractivity contribution in [2.75, 3.05) is 0 Å². The Kier molecular flexibility index (Phi) is 3.06. The molecule has 0 unspecified atom stereocenters. The average Bonchev–Trinajstić information content (AvgIpc) is 2.77. The van der Waals surface area contributed by atoms with Gasteiger partial charge in [0.1, 0.15) is 5.58 Å². The summed E-state index contributed by atoms with van der Waals surface area (Å²) >= 11 is 1.37. The summed E-state index contributed by atoms with van der Waals surface area (Å²) < 4.78 is 7.09. The molecule has 2 aromatic heterocycles. The van der Waals surface area contributed by atoms with E-state index >= 15 is 0 Å². The van der Waals surface area contributed by atoms with Gasteiger partial charge >= 0.3 is 5.63 Å². The fraction of sp³-hybridized carbons (Fsp3) is 0.200. The van der Waals surface area contributed by atoms with Gasteiger partial charge in [-0.2, -0.15) is 0 Å². The van der Waals surface area contributed by atoms with E-state index in [1.807, 2.05) is 42.1 Å². The summed E-state index contributed by atoms with van der Waals surface area (Å²) in [5.41, 5.74) is 3.41. The van der Waals surface area contributed by atoms with Crippen LogP contribution in [0.4, 0.5) is 0 Å². The molecule has 102 valence electrons. The lowest BCUT2D eigenvalue weighted by Gasteiger charge is -2.08. The highest BCUT2D eigenvalue weighted by Crippen LogP contribution is 2.22. The van der Waals surface area contributed by atoms with Gasteiger partial charge in [-0.15, -0.1) is 11.3 Å². The van der Waals surface area contributed by atoms with E-state index in [2.05, 4.69) is 0 Å². The van der Waals surface area contributed by atoms with Gasteiger partial charge in [-0.3, -0.25) is 5.41 Å². The van der Waals surface area contributed by atoms with E-state index in [1.54, 1.807) is 0 Å². The fourth-order valence-corrected chi connectivity index (χ4v) is 2.82. The van der Waals surface area contributed by atoms with E-state index in [0.717, 1.165) is 22.1 Å². The Morgan fingerprint density at radius 1 is 1.25 bits per heavy atom. The predicted molar refractivity (Wildman–Crippen MR) is 79.2 cm³/mol. The van der Waals surface area contributed by atoms with Crippen LogP contribution in [0.25, 0.3) is 11.0 Å². The molecule has 1 aromatic carbocycles. The van der Waals surface area contributed by atoms with Crippen molar-refractivity contribution in [2.45, 2.75) is 20.4 Å². The summed E-state index contributed by atoms with van der Waals surface area (Å²) in [4.78, 5) is 12.2. The smallest absolute Gasteiger partial charge is 0.336 e. The van der Waals surface area contributed by atoms with Crippen LogP contribution in [0, 0.1) is 19.3 Å². The summed E-state index contributed by atoms with van der Waals surface area (Å²) in [5, 5.41) is 10.6. The first kappa shape index (κ1) is 12.9. The molecule has 0 aliphatic heterocycles. The minimum absolute atomic E-state index is 0.349. The molecule has 0 radical (unpaired) electrons. The van der Waals surface area contributed by atoms with Crippen molar-refractivity contribution in [1.82, 2.24) is 4.57 Å². The molecular formula is C15H14N2O2S. The summed E-state index contributed by atoms with van der Waals surface area (Å²) in [6.07, 6.45) is 1.86. The normalized spacial score (nSPS) is 11.1. The third-order valence-electron chi connectivity index (χ3n) is 3.47. The number of aryl methyl sites for hydroxylation is 2. The SMILES string of the molecule is Cc1cc2oc(=O)cc(Cn3ccsc3=N)c2cc1C. The van der Waals surface area contributed by atoms with E-state index in [4.69, 9.17) is 9.83 Å². The number of fused-ring (bicyclic) bond motifs is 1. The van der Waals surface area contributed by atoms with Gasteiger partial charge < -0.3 is 8.98 Å². The Hall–Kier alpha value is -2.14. The second-order valence-corrected chi connectivity index (χ2v) is 5.75. The van der Waals surface area contributed by atoms with Gasteiger partial charge in [-0.25, -0.2) is 4.79 Å². The van der Waals surface area contributed by atoms with E-state index in [-0.39, 0.29) is 5.63 Å². The van der Waals surface area contributed by atoms with Crippen molar-refractivity contribution in [1.29, 1.82) is 5.41 Å². The zero-order chi connectivity index (χ0) is 14.3. The third kappa shape index (κ3) is 2.20. The van der Waals surface area contributed by atoms with Gasteiger partial charge in [0.25, 0.3) is 0 Å². The van der Waals surface area contributed by atoms with Crippen LogP contribution in [0.1, 0.15) is 16.7 Å². The van der Waals surface area contributed by atoms with Gasteiger partial charge in [0.2, 0.25) is 0 Å². The topological polar surface area (TPSA) is 59.0 Å². The zero-order valence-corrected chi connectivity index (χ0v) is 12.1. The minimum atomic E-state index is -0.349. The summed E-state index contributed by atoms with van der Waals surface area (Å²) in [6, 6.07) is 5.45. The Bertz CT molecular complexity index is 902. The molecule has 0 fully saturated rings. The number of nitrogens with one attached hydrogen (secondary N) is 1. The number of thiazole rings is 1. The van der Waals surface area contributed by atoms with Crippen molar-refractivity contribution >= 4 is 22.3 Å². The average molecular weight is 286 g/mol. The first-order valence-corrected chi connectivity index (χ1v) is 7.15. The molecule has 2 heterocycles. The van der Waals surface area contributed by atoms with Crippen molar-refractivity contribution in [3.63, 3.8) is 0 Å². The maximum absolute atomic E-state index is 11.7. The number of nitrogens with zero attached hydrogens (tertiary/aromatic N) is 1. The lowest BCUT2D eigenvalue weighted by atomic mass is 10.0. The molecule has 5 heteroatoms. The highest BCUT2D eigenvalue weighted by molar-refractivity contribution is 7.06. The molecule has 3 rings (SSSR count). The van der Waals surface area contributed by atoms with Crippen LogP contribution in [0.15, 0.2) is 39.0 Å². The third-order valence-corrected chi connectivity index (χ3v) is 4.18. The number of hydrogen-bond donors (Lipinski definition) is 1. The summed E-state index contributed by atoms with van der Waals surface area (Å²) in [7, 11) is 0. The molecule has 0 bridgehead atoms.